The fourth-order valence-electron chi connectivity index (χ4n) is 1.23. The highest BCUT2D eigenvalue weighted by atomic mass is 35.5. The number of hydrogen-bond donors (Lipinski definition) is 0. The smallest absolute Gasteiger partial charge is 0.169 e. The van der Waals surface area contributed by atoms with Crippen molar-refractivity contribution in [1.29, 1.82) is 0 Å². The van der Waals surface area contributed by atoms with Gasteiger partial charge in [-0.2, -0.15) is 0 Å². The van der Waals surface area contributed by atoms with E-state index in [9.17, 15) is 0 Å². The molecule has 0 amide bonds. The van der Waals surface area contributed by atoms with Crippen LogP contribution in [0.3, 0.4) is 0 Å². The van der Waals surface area contributed by atoms with Gasteiger partial charge in [-0.05, 0) is 18.6 Å². The molecule has 1 aromatic carbocycles. The molecule has 2 aromatic rings. The molecule has 14 heavy (non-hydrogen) atoms. The van der Waals surface area contributed by atoms with Gasteiger partial charge in [-0.3, -0.25) is 0 Å². The lowest BCUT2D eigenvalue weighted by Crippen LogP contribution is -1.82. The normalized spacial score (nSPS) is 10.5. The Kier molecular flexibility index (Phi) is 2.48. The summed E-state index contributed by atoms with van der Waals surface area (Å²) in [7, 11) is 0. The molecule has 0 aliphatic rings. The maximum absolute atomic E-state index is 6.12. The van der Waals surface area contributed by atoms with Crippen molar-refractivity contribution in [1.82, 2.24) is 5.16 Å². The molecule has 0 spiro atoms. The van der Waals surface area contributed by atoms with Gasteiger partial charge >= 0.3 is 0 Å². The first-order valence-electron chi connectivity index (χ1n) is 4.06. The van der Waals surface area contributed by atoms with E-state index >= 15 is 0 Å². The van der Waals surface area contributed by atoms with Crippen LogP contribution in [0.1, 0.15) is 5.56 Å². The molecule has 0 atom stereocenters. The highest BCUT2D eigenvalue weighted by Gasteiger charge is 2.13. The fraction of sp³-hybridized carbons (Fsp3) is 0.100. The second kappa shape index (κ2) is 3.64. The molecule has 2 rings (SSSR count). The molecule has 0 N–H and O–H groups in total. The first-order valence-corrected chi connectivity index (χ1v) is 4.81. The third-order valence-corrected chi connectivity index (χ3v) is 2.77. The van der Waals surface area contributed by atoms with Crippen molar-refractivity contribution < 1.29 is 4.52 Å². The van der Waals surface area contributed by atoms with Crippen molar-refractivity contribution in [3.63, 3.8) is 0 Å². The largest absolute Gasteiger partial charge is 0.356 e. The zero-order valence-electron chi connectivity index (χ0n) is 7.42. The Morgan fingerprint density at radius 2 is 2.00 bits per heavy atom. The number of benzene rings is 1. The Hall–Kier alpha value is -0.990. The minimum Gasteiger partial charge on any atom is -0.356 e. The van der Waals surface area contributed by atoms with Gasteiger partial charge in [-0.25, -0.2) is 0 Å². The Morgan fingerprint density at radius 3 is 2.64 bits per heavy atom. The number of aryl methyl sites for hydroxylation is 1. The van der Waals surface area contributed by atoms with E-state index in [1.54, 1.807) is 18.3 Å². The van der Waals surface area contributed by atoms with E-state index in [0.29, 0.717) is 21.4 Å². The highest BCUT2D eigenvalue weighted by molar-refractivity contribution is 6.39. The van der Waals surface area contributed by atoms with Crippen LogP contribution in [0.15, 0.2) is 28.9 Å². The molecule has 0 saturated carbocycles. The molecule has 72 valence electrons. The van der Waals surface area contributed by atoms with E-state index in [1.165, 1.54) is 0 Å². The summed E-state index contributed by atoms with van der Waals surface area (Å²) in [5, 5.41) is 4.79. The SMILES string of the molecule is Cc1ccc(Cl)c(-c2ccno2)c1Cl. The highest BCUT2D eigenvalue weighted by Crippen LogP contribution is 2.36. The van der Waals surface area contributed by atoms with Crippen LogP contribution in [-0.2, 0) is 0 Å². The molecule has 1 aromatic heterocycles. The summed E-state index contributed by atoms with van der Waals surface area (Å²) in [6, 6.07) is 5.39. The van der Waals surface area contributed by atoms with Crippen LogP contribution in [0.4, 0.5) is 0 Å². The van der Waals surface area contributed by atoms with Gasteiger partial charge in [0.2, 0.25) is 0 Å². The summed E-state index contributed by atoms with van der Waals surface area (Å²) in [5.74, 6) is 0.587. The van der Waals surface area contributed by atoms with Crippen LogP contribution in [0.25, 0.3) is 11.3 Å². The molecular weight excluding hydrogens is 221 g/mol. The molecular formula is C10H7Cl2NO. The molecule has 1 heterocycles. The lowest BCUT2D eigenvalue weighted by Gasteiger charge is -2.05. The van der Waals surface area contributed by atoms with Crippen molar-refractivity contribution in [2.75, 3.05) is 0 Å². The lowest BCUT2D eigenvalue weighted by atomic mass is 10.1. The maximum Gasteiger partial charge on any atom is 0.169 e. The summed E-state index contributed by atoms with van der Waals surface area (Å²) < 4.78 is 5.02. The van der Waals surface area contributed by atoms with Gasteiger partial charge in [0, 0.05) is 6.07 Å². The van der Waals surface area contributed by atoms with Crippen molar-refractivity contribution in [3.8, 4) is 11.3 Å². The van der Waals surface area contributed by atoms with Gasteiger partial charge in [0.05, 0.1) is 21.8 Å². The first kappa shape index (κ1) is 9.56. The molecule has 0 fully saturated rings. The van der Waals surface area contributed by atoms with Gasteiger partial charge in [0.1, 0.15) is 0 Å². The average Bonchev–Trinajstić information content (AvgIpc) is 2.65. The standard InChI is InChI=1S/C10H7Cl2NO/c1-6-2-3-7(11)9(10(6)12)8-4-5-13-14-8/h2-5H,1H3. The summed E-state index contributed by atoms with van der Waals surface area (Å²) in [5.41, 5.74) is 1.66. The monoisotopic (exact) mass is 227 g/mol. The number of rotatable bonds is 1. The quantitative estimate of drug-likeness (QED) is 0.738. The van der Waals surface area contributed by atoms with Crippen LogP contribution in [0, 0.1) is 6.92 Å². The summed E-state index contributed by atoms with van der Waals surface area (Å²) >= 11 is 12.1. The maximum atomic E-state index is 6.12. The van der Waals surface area contributed by atoms with Crippen molar-refractivity contribution >= 4 is 23.2 Å². The molecule has 0 unspecified atom stereocenters. The number of aromatic nitrogens is 1. The van der Waals surface area contributed by atoms with Crippen LogP contribution in [0.5, 0.6) is 0 Å². The first-order chi connectivity index (χ1) is 6.70. The van der Waals surface area contributed by atoms with E-state index in [1.807, 2.05) is 13.0 Å². The molecule has 0 saturated heterocycles. The molecule has 0 radical (unpaired) electrons. The zero-order valence-corrected chi connectivity index (χ0v) is 8.93. The van der Waals surface area contributed by atoms with E-state index < -0.39 is 0 Å². The average molecular weight is 228 g/mol. The topological polar surface area (TPSA) is 26.0 Å². The molecule has 4 heteroatoms. The number of halogens is 2. The Balaban J connectivity index is 2.69. The second-order valence-corrected chi connectivity index (χ2v) is 3.72. The Bertz CT molecular complexity index is 451. The second-order valence-electron chi connectivity index (χ2n) is 2.93. The van der Waals surface area contributed by atoms with E-state index in [0.717, 1.165) is 5.56 Å². The van der Waals surface area contributed by atoms with E-state index in [4.69, 9.17) is 27.7 Å². The van der Waals surface area contributed by atoms with E-state index in [2.05, 4.69) is 5.16 Å². The van der Waals surface area contributed by atoms with Crippen LogP contribution in [-0.4, -0.2) is 5.16 Å². The summed E-state index contributed by atoms with van der Waals surface area (Å²) in [6.07, 6.45) is 1.56. The van der Waals surface area contributed by atoms with Gasteiger partial charge in [0.25, 0.3) is 0 Å². The minimum absolute atomic E-state index is 0.567. The Morgan fingerprint density at radius 1 is 1.21 bits per heavy atom. The van der Waals surface area contributed by atoms with Crippen LogP contribution < -0.4 is 0 Å². The molecule has 0 bridgehead atoms. The molecule has 2 nitrogen and oxygen atoms in total. The zero-order chi connectivity index (χ0) is 10.1. The molecule has 0 aliphatic heterocycles. The van der Waals surface area contributed by atoms with Gasteiger partial charge in [-0.15, -0.1) is 0 Å². The van der Waals surface area contributed by atoms with E-state index in [-0.39, 0.29) is 0 Å². The predicted molar refractivity (Wildman–Crippen MR) is 56.7 cm³/mol. The summed E-state index contributed by atoms with van der Waals surface area (Å²) in [4.78, 5) is 0. The van der Waals surface area contributed by atoms with Crippen molar-refractivity contribution in [3.05, 3.63) is 40.0 Å². The lowest BCUT2D eigenvalue weighted by molar-refractivity contribution is 0.432. The van der Waals surface area contributed by atoms with Crippen LogP contribution >= 0.6 is 23.2 Å². The van der Waals surface area contributed by atoms with Crippen LogP contribution in [0.2, 0.25) is 10.0 Å². The molecule has 0 aliphatic carbocycles. The third kappa shape index (κ3) is 1.51. The van der Waals surface area contributed by atoms with Crippen molar-refractivity contribution in [2.24, 2.45) is 0 Å². The summed E-state index contributed by atoms with van der Waals surface area (Å²) in [6.45, 7) is 1.92. The van der Waals surface area contributed by atoms with Gasteiger partial charge < -0.3 is 4.52 Å². The van der Waals surface area contributed by atoms with Gasteiger partial charge in [-0.1, -0.05) is 34.4 Å². The number of hydrogen-bond acceptors (Lipinski definition) is 2. The fourth-order valence-corrected chi connectivity index (χ4v) is 1.78. The third-order valence-electron chi connectivity index (χ3n) is 1.97. The van der Waals surface area contributed by atoms with Gasteiger partial charge in [0.15, 0.2) is 5.76 Å². The van der Waals surface area contributed by atoms with Crippen molar-refractivity contribution in [2.45, 2.75) is 6.92 Å². The minimum atomic E-state index is 0.567. The number of nitrogens with zero attached hydrogens (tertiary/aromatic N) is 1. The Labute approximate surface area is 91.4 Å². The predicted octanol–water partition coefficient (Wildman–Crippen LogP) is 3.96.